The lowest BCUT2D eigenvalue weighted by Gasteiger charge is -2.18. The molecule has 0 spiro atoms. The van der Waals surface area contributed by atoms with Gasteiger partial charge in [0.15, 0.2) is 5.82 Å². The molecule has 51 heavy (non-hydrogen) atoms. The van der Waals surface area contributed by atoms with Gasteiger partial charge in [-0.3, -0.25) is 4.90 Å². The highest BCUT2D eigenvalue weighted by Gasteiger charge is 2.39. The zero-order valence-corrected chi connectivity index (χ0v) is 28.6. The van der Waals surface area contributed by atoms with Crippen LogP contribution in [0.2, 0.25) is 0 Å². The summed E-state index contributed by atoms with van der Waals surface area (Å²) in [5, 5.41) is 11.8. The van der Waals surface area contributed by atoms with Gasteiger partial charge in [0.05, 0.1) is 29.0 Å². The van der Waals surface area contributed by atoms with E-state index in [1.54, 1.807) is 13.0 Å². The number of methoxy groups -OCH3 is 1. The molecule has 4 aliphatic heterocycles. The molecule has 0 radical (unpaired) electrons. The van der Waals surface area contributed by atoms with Gasteiger partial charge in [-0.2, -0.15) is 28.4 Å². The van der Waals surface area contributed by atoms with Crippen LogP contribution in [0.25, 0.3) is 32.1 Å². The van der Waals surface area contributed by atoms with Crippen molar-refractivity contribution in [1.29, 1.82) is 5.26 Å². The van der Waals surface area contributed by atoms with E-state index in [9.17, 15) is 32.0 Å². The fourth-order valence-electron chi connectivity index (χ4n) is 7.12. The van der Waals surface area contributed by atoms with Crippen LogP contribution in [-0.2, 0) is 10.9 Å². The largest absolute Gasteiger partial charge is 0.467 e. The molecule has 8 rings (SSSR count). The van der Waals surface area contributed by atoms with E-state index in [4.69, 9.17) is 15.2 Å². The number of nitriles is 1. The Labute approximate surface area is 293 Å². The minimum Gasteiger partial charge on any atom is -0.467 e. The molecular weight excluding hydrogens is 700 g/mol. The zero-order chi connectivity index (χ0) is 36.6. The number of nitrogens with one attached hydrogen (secondary N) is 1. The summed E-state index contributed by atoms with van der Waals surface area (Å²) in [6.07, 6.45) is -0.0144. The van der Waals surface area contributed by atoms with Crippen LogP contribution in [0.1, 0.15) is 50.2 Å². The zero-order valence-electron chi connectivity index (χ0n) is 27.7. The summed E-state index contributed by atoms with van der Waals surface area (Å²) >= 11 is 0.698. The number of rotatable bonds is 4. The van der Waals surface area contributed by atoms with E-state index >= 15 is 4.39 Å². The smallest absolute Gasteiger partial charge is 0.417 e. The highest BCUT2D eigenvalue weighted by atomic mass is 32.1. The number of halogens is 6. The number of hydrogen-bond donors (Lipinski definition) is 2. The molecule has 3 unspecified atom stereocenters. The Balaban J connectivity index is 0.000000198. The van der Waals surface area contributed by atoms with Gasteiger partial charge in [0.1, 0.15) is 41.0 Å². The lowest BCUT2D eigenvalue weighted by atomic mass is 9.92. The maximum Gasteiger partial charge on any atom is 0.417 e. The molecule has 272 valence electrons. The minimum atomic E-state index is -5.00. The Morgan fingerprint density at radius 1 is 1.18 bits per heavy atom. The van der Waals surface area contributed by atoms with E-state index in [0.717, 1.165) is 50.6 Å². The number of hydrogen-bond acceptors (Lipinski definition) is 10. The fraction of sp³-hybridized carbons (Fsp3) is 0.471. The number of nitrogens with zero attached hydrogens (tertiary/aromatic N) is 5. The first kappa shape index (κ1) is 36.2. The van der Waals surface area contributed by atoms with Crippen LogP contribution in [0, 0.1) is 23.0 Å². The second-order valence-corrected chi connectivity index (χ2v) is 13.6. The fourth-order valence-corrected chi connectivity index (χ4v) is 8.07. The molecule has 4 saturated heterocycles. The number of cyclic esters (lactones) is 1. The van der Waals surface area contributed by atoms with Crippen molar-refractivity contribution in [2.45, 2.75) is 63.5 Å². The van der Waals surface area contributed by atoms with Gasteiger partial charge in [-0.25, -0.2) is 18.0 Å². The first-order chi connectivity index (χ1) is 24.4. The second-order valence-electron chi connectivity index (χ2n) is 12.5. The van der Waals surface area contributed by atoms with E-state index in [1.165, 1.54) is 20.0 Å². The number of nitrogens with two attached hydrogens (primary N) is 1. The number of alkyl halides is 4. The molecule has 4 fully saturated rings. The van der Waals surface area contributed by atoms with E-state index in [2.05, 4.69) is 20.2 Å². The molecular formula is C34H35F6N7O3S. The molecule has 0 saturated carbocycles. The molecule has 3 N–H and O–H groups in total. The third-order valence-corrected chi connectivity index (χ3v) is 10.4. The molecule has 3 atom stereocenters. The van der Waals surface area contributed by atoms with Gasteiger partial charge in [-0.05, 0) is 63.3 Å². The monoisotopic (exact) mass is 735 g/mol. The second kappa shape index (κ2) is 14.6. The van der Waals surface area contributed by atoms with Gasteiger partial charge in [0.25, 0.3) is 0 Å². The number of amides is 1. The van der Waals surface area contributed by atoms with Crippen LogP contribution in [0.5, 0.6) is 6.01 Å². The number of fused-ring (bicyclic) bond motifs is 4. The minimum absolute atomic E-state index is 0.0444. The number of carbonyl (C=O) groups is 1. The Morgan fingerprint density at radius 3 is 2.59 bits per heavy atom. The van der Waals surface area contributed by atoms with Crippen molar-refractivity contribution in [3.8, 4) is 23.2 Å². The molecule has 2 aromatic heterocycles. The highest BCUT2D eigenvalue weighted by molar-refractivity contribution is 7.23. The lowest BCUT2D eigenvalue weighted by molar-refractivity contribution is -0.137. The van der Waals surface area contributed by atoms with E-state index in [0.29, 0.717) is 36.6 Å². The van der Waals surface area contributed by atoms with Crippen LogP contribution < -0.4 is 15.8 Å². The average molecular weight is 736 g/mol. The number of nitrogen functional groups attached to an aromatic ring is 1. The number of carbonyl (C=O) groups excluding carboxylic acids is 1. The number of aromatic nitrogens is 2. The van der Waals surface area contributed by atoms with Crippen molar-refractivity contribution in [3.63, 3.8) is 0 Å². The topological polar surface area (TPSA) is 130 Å². The highest BCUT2D eigenvalue weighted by Crippen LogP contribution is 2.47. The van der Waals surface area contributed by atoms with E-state index in [-0.39, 0.29) is 56.1 Å². The van der Waals surface area contributed by atoms with Crippen molar-refractivity contribution in [2.24, 2.45) is 0 Å². The number of anilines is 2. The maximum atomic E-state index is 15.9. The van der Waals surface area contributed by atoms with Crippen LogP contribution >= 0.6 is 11.3 Å². The number of ether oxygens (including phenoxy) is 2. The number of thiophene rings is 1. The van der Waals surface area contributed by atoms with Crippen LogP contribution in [0.3, 0.4) is 0 Å². The standard InChI is InChI=1S/C21H14F5N5OS.C7H12FN.C6H9NO2/c1-3-29-19-9-6-11(21(24,25)26)14(15(23)16(9)30-20(31-19)32-2)8-4-5-12(22)17-13(8)10(7-27)18(28)33-17;8-6-4-7-2-1-3-9(7)5-6;8-6-7-3-1-2-5(7)4-9-6/h4-6H,3,28H2,1-2H3,(H,29,30,31);6-7H,1-5H2;5H,1-4H2. The van der Waals surface area contributed by atoms with E-state index < -0.39 is 40.6 Å². The molecule has 6 heterocycles. The van der Waals surface area contributed by atoms with Crippen LogP contribution in [0.15, 0.2) is 18.2 Å². The Kier molecular flexibility index (Phi) is 10.4. The summed E-state index contributed by atoms with van der Waals surface area (Å²) in [4.78, 5) is 22.8. The van der Waals surface area contributed by atoms with Gasteiger partial charge in [0, 0.05) is 42.0 Å². The first-order valence-corrected chi connectivity index (χ1v) is 17.3. The predicted octanol–water partition coefficient (Wildman–Crippen LogP) is 7.50. The third kappa shape index (κ3) is 7.03. The van der Waals surface area contributed by atoms with Crippen LogP contribution in [0.4, 0.5) is 42.0 Å². The Hall–Kier alpha value is -4.56. The summed E-state index contributed by atoms with van der Waals surface area (Å²) in [7, 11) is 1.23. The predicted molar refractivity (Wildman–Crippen MR) is 180 cm³/mol. The molecule has 0 bridgehead atoms. The van der Waals surface area contributed by atoms with Gasteiger partial charge >= 0.3 is 18.3 Å². The van der Waals surface area contributed by atoms with Gasteiger partial charge in [-0.1, -0.05) is 6.07 Å². The molecule has 0 aliphatic carbocycles. The van der Waals surface area contributed by atoms with Crippen molar-refractivity contribution in [1.82, 2.24) is 19.8 Å². The molecule has 4 aromatic rings. The summed E-state index contributed by atoms with van der Waals surface area (Å²) in [5.74, 6) is -2.15. The van der Waals surface area contributed by atoms with Gasteiger partial charge < -0.3 is 25.4 Å². The van der Waals surface area contributed by atoms with Gasteiger partial charge in [-0.15, -0.1) is 11.3 Å². The summed E-state index contributed by atoms with van der Waals surface area (Å²) < 4.78 is 95.0. The van der Waals surface area contributed by atoms with Crippen molar-refractivity contribution in [3.05, 3.63) is 41.0 Å². The molecule has 4 aliphatic rings. The average Bonchev–Trinajstić information content (AvgIpc) is 3.92. The van der Waals surface area contributed by atoms with Crippen LogP contribution in [-0.4, -0.2) is 84.0 Å². The summed E-state index contributed by atoms with van der Waals surface area (Å²) in [6.45, 7) is 5.37. The molecule has 10 nitrogen and oxygen atoms in total. The quantitative estimate of drug-likeness (QED) is 0.205. The van der Waals surface area contributed by atoms with Gasteiger partial charge in [0.2, 0.25) is 0 Å². The lowest BCUT2D eigenvalue weighted by Crippen LogP contribution is -2.26. The molecule has 17 heteroatoms. The third-order valence-electron chi connectivity index (χ3n) is 9.41. The summed E-state index contributed by atoms with van der Waals surface area (Å²) in [5.41, 5.74) is 2.59. The molecule has 1 amide bonds. The van der Waals surface area contributed by atoms with Crippen molar-refractivity contribution in [2.75, 3.05) is 50.9 Å². The number of benzene rings is 2. The van der Waals surface area contributed by atoms with Crippen molar-refractivity contribution < 1.29 is 40.6 Å². The Morgan fingerprint density at radius 2 is 1.92 bits per heavy atom. The normalized spacial score (nSPS) is 21.0. The summed E-state index contributed by atoms with van der Waals surface area (Å²) in [6, 6.07) is 5.16. The molecule has 2 aromatic carbocycles. The SMILES string of the molecule is CCNc1nc(OC)nc2c(F)c(-c3ccc(F)c4sc(N)c(C#N)c34)c(C(F)(F)F)cc12.FC1CC2CCCN2C1.O=C1OCC2CCCN12. The Bertz CT molecular complexity index is 1990. The first-order valence-electron chi connectivity index (χ1n) is 16.5. The van der Waals surface area contributed by atoms with Crippen molar-refractivity contribution >= 4 is 49.2 Å². The maximum absolute atomic E-state index is 15.9. The van der Waals surface area contributed by atoms with E-state index in [1.807, 2.05) is 4.90 Å².